The number of nitrogens with two attached hydrogens (primary N) is 1. The summed E-state index contributed by atoms with van der Waals surface area (Å²) in [7, 11) is 1.92. The normalized spacial score (nSPS) is 20.7. The largest absolute Gasteiger partial charge is 0.460 e. The molecule has 1 aromatic rings. The monoisotopic (exact) mass is 306 g/mol. The van der Waals surface area contributed by atoms with Gasteiger partial charge in [0.15, 0.2) is 0 Å². The molecule has 122 valence electrons. The number of esters is 1. The molecule has 0 heterocycles. The number of rotatable bonds is 9. The van der Waals surface area contributed by atoms with Crippen LogP contribution in [0.2, 0.25) is 0 Å². The third-order valence-corrected chi connectivity index (χ3v) is 3.81. The zero-order valence-corrected chi connectivity index (χ0v) is 13.2. The van der Waals surface area contributed by atoms with Crippen LogP contribution in [-0.4, -0.2) is 49.8 Å². The average molecular weight is 306 g/mol. The lowest BCUT2D eigenvalue weighted by Crippen LogP contribution is -2.42. The van der Waals surface area contributed by atoms with Crippen molar-refractivity contribution < 1.29 is 14.3 Å². The molecule has 0 radical (unpaired) electrons. The van der Waals surface area contributed by atoms with Gasteiger partial charge < -0.3 is 15.2 Å². The zero-order valence-electron chi connectivity index (χ0n) is 13.2. The second-order valence-electron chi connectivity index (χ2n) is 5.96. The van der Waals surface area contributed by atoms with Crippen molar-refractivity contribution in [1.82, 2.24) is 4.90 Å². The van der Waals surface area contributed by atoms with Crippen LogP contribution in [0, 0.1) is 0 Å². The van der Waals surface area contributed by atoms with E-state index in [1.54, 1.807) is 0 Å². The minimum Gasteiger partial charge on any atom is -0.460 e. The van der Waals surface area contributed by atoms with Crippen molar-refractivity contribution in [2.75, 3.05) is 26.7 Å². The number of benzene rings is 1. The smallest absolute Gasteiger partial charge is 0.320 e. The lowest BCUT2D eigenvalue weighted by molar-refractivity contribution is -0.146. The number of likely N-dealkylation sites (N-methyl/N-ethyl adjacent to an activating group) is 1. The molecule has 0 amide bonds. The molecular weight excluding hydrogens is 280 g/mol. The van der Waals surface area contributed by atoms with E-state index < -0.39 is 0 Å². The Bertz CT molecular complexity index is 446. The summed E-state index contributed by atoms with van der Waals surface area (Å²) in [5, 5.41) is 0. The van der Waals surface area contributed by atoms with E-state index in [9.17, 15) is 4.79 Å². The van der Waals surface area contributed by atoms with Gasteiger partial charge in [0.05, 0.1) is 12.6 Å². The van der Waals surface area contributed by atoms with E-state index >= 15 is 0 Å². The van der Waals surface area contributed by atoms with E-state index in [0.717, 1.165) is 38.0 Å². The van der Waals surface area contributed by atoms with Crippen molar-refractivity contribution in [2.24, 2.45) is 5.73 Å². The van der Waals surface area contributed by atoms with E-state index in [-0.39, 0.29) is 5.97 Å². The summed E-state index contributed by atoms with van der Waals surface area (Å²) in [6.45, 7) is 2.18. The predicted octanol–water partition coefficient (Wildman–Crippen LogP) is 1.56. The summed E-state index contributed by atoms with van der Waals surface area (Å²) >= 11 is 0. The predicted molar refractivity (Wildman–Crippen MR) is 85.3 cm³/mol. The Labute approximate surface area is 132 Å². The van der Waals surface area contributed by atoms with Gasteiger partial charge in [0.1, 0.15) is 6.61 Å². The molecule has 0 unspecified atom stereocenters. The fraction of sp³-hybridized carbons (Fsp3) is 0.588. The number of carbonyl (C=O) groups is 1. The molecule has 0 aliphatic heterocycles. The number of carbonyl (C=O) groups excluding carboxylic acids is 1. The van der Waals surface area contributed by atoms with Crippen molar-refractivity contribution in [3.63, 3.8) is 0 Å². The van der Waals surface area contributed by atoms with Crippen molar-refractivity contribution >= 4 is 5.97 Å². The van der Waals surface area contributed by atoms with Gasteiger partial charge in [0, 0.05) is 19.2 Å². The Balaban J connectivity index is 1.50. The lowest BCUT2D eigenvalue weighted by atomic mass is 9.90. The fourth-order valence-electron chi connectivity index (χ4n) is 2.41. The SMILES string of the molecule is CN(CCCOC1CC(N)C1)CC(=O)OCc1ccccc1. The molecule has 0 bridgehead atoms. The van der Waals surface area contributed by atoms with Gasteiger partial charge >= 0.3 is 5.97 Å². The van der Waals surface area contributed by atoms with E-state index in [4.69, 9.17) is 15.2 Å². The molecule has 1 saturated carbocycles. The average Bonchev–Trinajstić information content (AvgIpc) is 2.48. The van der Waals surface area contributed by atoms with Gasteiger partial charge in [-0.1, -0.05) is 30.3 Å². The summed E-state index contributed by atoms with van der Waals surface area (Å²) in [5.74, 6) is -0.197. The molecule has 0 spiro atoms. The van der Waals surface area contributed by atoms with Crippen LogP contribution in [0.4, 0.5) is 0 Å². The topological polar surface area (TPSA) is 64.8 Å². The molecular formula is C17H26N2O3. The van der Waals surface area contributed by atoms with Gasteiger partial charge in [-0.2, -0.15) is 0 Å². The minimum atomic E-state index is -0.197. The van der Waals surface area contributed by atoms with Gasteiger partial charge in [0.25, 0.3) is 0 Å². The second-order valence-corrected chi connectivity index (χ2v) is 5.96. The third kappa shape index (κ3) is 6.13. The summed E-state index contributed by atoms with van der Waals surface area (Å²) in [6.07, 6.45) is 3.20. The number of ether oxygens (including phenoxy) is 2. The van der Waals surface area contributed by atoms with Crippen LogP contribution < -0.4 is 5.73 Å². The van der Waals surface area contributed by atoms with Crippen LogP contribution in [-0.2, 0) is 20.9 Å². The summed E-state index contributed by atoms with van der Waals surface area (Å²) < 4.78 is 10.9. The third-order valence-electron chi connectivity index (χ3n) is 3.81. The maximum Gasteiger partial charge on any atom is 0.320 e. The molecule has 1 aliphatic carbocycles. The molecule has 22 heavy (non-hydrogen) atoms. The number of hydrogen-bond donors (Lipinski definition) is 1. The molecule has 2 N–H and O–H groups in total. The van der Waals surface area contributed by atoms with E-state index in [1.165, 1.54) is 0 Å². The van der Waals surface area contributed by atoms with Crippen LogP contribution in [0.25, 0.3) is 0 Å². The van der Waals surface area contributed by atoms with Gasteiger partial charge in [-0.25, -0.2) is 0 Å². The number of nitrogens with zero attached hydrogens (tertiary/aromatic N) is 1. The molecule has 0 saturated heterocycles. The molecule has 1 aromatic carbocycles. The standard InChI is InChI=1S/C17H26N2O3/c1-19(8-5-9-21-16-10-15(18)11-16)12-17(20)22-13-14-6-3-2-4-7-14/h2-4,6-7,15-16H,5,8-13,18H2,1H3. The Morgan fingerprint density at radius 1 is 1.32 bits per heavy atom. The fourth-order valence-corrected chi connectivity index (χ4v) is 2.41. The Kier molecular flexibility index (Phi) is 6.83. The summed E-state index contributed by atoms with van der Waals surface area (Å²) in [5.41, 5.74) is 6.71. The highest BCUT2D eigenvalue weighted by atomic mass is 16.5. The first-order chi connectivity index (χ1) is 10.6. The Morgan fingerprint density at radius 2 is 2.05 bits per heavy atom. The second kappa shape index (κ2) is 8.88. The molecule has 1 aliphatic rings. The number of hydrogen-bond acceptors (Lipinski definition) is 5. The molecule has 2 rings (SSSR count). The highest BCUT2D eigenvalue weighted by Crippen LogP contribution is 2.21. The van der Waals surface area contributed by atoms with Crippen LogP contribution in [0.5, 0.6) is 0 Å². The molecule has 5 nitrogen and oxygen atoms in total. The van der Waals surface area contributed by atoms with Gasteiger partial charge in [0.2, 0.25) is 0 Å². The Hall–Kier alpha value is -1.43. The van der Waals surface area contributed by atoms with Gasteiger partial charge in [-0.3, -0.25) is 9.69 Å². The maximum absolute atomic E-state index is 11.8. The molecule has 5 heteroatoms. The summed E-state index contributed by atoms with van der Waals surface area (Å²) in [6, 6.07) is 10.0. The first-order valence-electron chi connectivity index (χ1n) is 7.89. The minimum absolute atomic E-state index is 0.197. The first kappa shape index (κ1) is 16.9. The molecule has 1 fully saturated rings. The van der Waals surface area contributed by atoms with Crippen molar-refractivity contribution in [2.45, 2.75) is 38.0 Å². The zero-order chi connectivity index (χ0) is 15.8. The molecule has 0 atom stereocenters. The quantitative estimate of drug-likeness (QED) is 0.554. The lowest BCUT2D eigenvalue weighted by Gasteiger charge is -2.32. The van der Waals surface area contributed by atoms with E-state index in [1.807, 2.05) is 42.3 Å². The Morgan fingerprint density at radius 3 is 2.73 bits per heavy atom. The molecule has 0 aromatic heterocycles. The van der Waals surface area contributed by atoms with Crippen molar-refractivity contribution in [3.8, 4) is 0 Å². The van der Waals surface area contributed by atoms with Crippen LogP contribution >= 0.6 is 0 Å². The van der Waals surface area contributed by atoms with Crippen molar-refractivity contribution in [3.05, 3.63) is 35.9 Å². The maximum atomic E-state index is 11.8. The van der Waals surface area contributed by atoms with Gasteiger partial charge in [-0.05, 0) is 31.9 Å². The summed E-state index contributed by atoms with van der Waals surface area (Å²) in [4.78, 5) is 13.7. The van der Waals surface area contributed by atoms with Crippen LogP contribution in [0.1, 0.15) is 24.8 Å². The van der Waals surface area contributed by atoms with Crippen molar-refractivity contribution in [1.29, 1.82) is 0 Å². The van der Waals surface area contributed by atoms with E-state index in [2.05, 4.69) is 0 Å². The van der Waals surface area contributed by atoms with Crippen LogP contribution in [0.15, 0.2) is 30.3 Å². The highest BCUT2D eigenvalue weighted by molar-refractivity contribution is 5.71. The van der Waals surface area contributed by atoms with Gasteiger partial charge in [-0.15, -0.1) is 0 Å². The van der Waals surface area contributed by atoms with Crippen LogP contribution in [0.3, 0.4) is 0 Å². The highest BCUT2D eigenvalue weighted by Gasteiger charge is 2.26. The van der Waals surface area contributed by atoms with E-state index in [0.29, 0.717) is 25.3 Å². The first-order valence-corrected chi connectivity index (χ1v) is 7.89.